The molecule has 3 aliphatic rings. The van der Waals surface area contributed by atoms with Gasteiger partial charge in [0.05, 0.1) is 10.8 Å². The first-order valence-corrected chi connectivity index (χ1v) is 10.8. The second-order valence-electron chi connectivity index (χ2n) is 6.92. The van der Waals surface area contributed by atoms with Gasteiger partial charge in [0.1, 0.15) is 12.4 Å². The summed E-state index contributed by atoms with van der Waals surface area (Å²) in [6.07, 6.45) is 0. The molecule has 136 valence electrons. The predicted octanol–water partition coefficient (Wildman–Crippen LogP) is 4.84. The van der Waals surface area contributed by atoms with Crippen LogP contribution in [-0.4, -0.2) is 18.8 Å². The Kier molecular flexibility index (Phi) is 3.40. The van der Waals surface area contributed by atoms with Crippen LogP contribution in [0.15, 0.2) is 53.9 Å². The highest BCUT2D eigenvalue weighted by atomic mass is 32.2. The van der Waals surface area contributed by atoms with E-state index in [1.54, 1.807) is 11.3 Å². The van der Waals surface area contributed by atoms with Crippen molar-refractivity contribution in [2.75, 3.05) is 18.7 Å². The molecule has 2 atom stereocenters. The van der Waals surface area contributed by atoms with Gasteiger partial charge in [0.25, 0.3) is 0 Å². The first-order chi connectivity index (χ1) is 13.3. The van der Waals surface area contributed by atoms with Crippen LogP contribution in [0, 0.1) is 0 Å². The normalized spacial score (nSPS) is 23.8. The second-order valence-corrected chi connectivity index (χ2v) is 9.05. The van der Waals surface area contributed by atoms with Crippen molar-refractivity contribution < 1.29 is 14.2 Å². The third kappa shape index (κ3) is 2.23. The van der Waals surface area contributed by atoms with Crippen molar-refractivity contribution in [3.05, 3.63) is 69.9 Å². The second kappa shape index (κ2) is 5.84. The maximum absolute atomic E-state index is 6.20. The largest absolute Gasteiger partial charge is 0.492 e. The summed E-state index contributed by atoms with van der Waals surface area (Å²) in [4.78, 5) is 1.39. The average Bonchev–Trinajstić information content (AvgIpc) is 3.47. The topological polar surface area (TPSA) is 39.7 Å². The number of para-hydroxylation sites is 1. The highest BCUT2D eigenvalue weighted by Gasteiger charge is 2.54. The molecule has 0 amide bonds. The lowest BCUT2D eigenvalue weighted by Gasteiger charge is -2.30. The number of nitrogens with one attached hydrogen (secondary N) is 1. The lowest BCUT2D eigenvalue weighted by Crippen LogP contribution is -2.39. The van der Waals surface area contributed by atoms with Crippen molar-refractivity contribution in [2.45, 2.75) is 16.5 Å². The van der Waals surface area contributed by atoms with Crippen LogP contribution < -0.4 is 19.5 Å². The number of benzene rings is 2. The summed E-state index contributed by atoms with van der Waals surface area (Å²) in [6, 6.07) is 17.0. The lowest BCUT2D eigenvalue weighted by molar-refractivity contribution is 0.173. The summed E-state index contributed by atoms with van der Waals surface area (Å²) >= 11 is 3.75. The Balaban J connectivity index is 1.46. The minimum absolute atomic E-state index is 0.193. The van der Waals surface area contributed by atoms with E-state index < -0.39 is 0 Å². The van der Waals surface area contributed by atoms with E-state index in [2.05, 4.69) is 53.2 Å². The van der Waals surface area contributed by atoms with Crippen LogP contribution in [0.1, 0.15) is 16.0 Å². The van der Waals surface area contributed by atoms with Gasteiger partial charge in [-0.3, -0.25) is 0 Å². The number of thioether (sulfide) groups is 1. The standard InChI is InChI=1S/C21H17NO3S2/c1-2-6-16-14(5-1)21(20(22-16)27-10-13-4-3-7-26-13)11-23-17-9-19-18(8-15(17)21)24-12-25-19/h1-9,20,22H,10-12H2. The molecule has 27 heavy (non-hydrogen) atoms. The number of rotatable bonds is 3. The number of ether oxygens (including phenoxy) is 3. The van der Waals surface area contributed by atoms with Crippen molar-refractivity contribution in [1.29, 1.82) is 0 Å². The number of thiophene rings is 1. The summed E-state index contributed by atoms with van der Waals surface area (Å²) in [6.45, 7) is 0.897. The van der Waals surface area contributed by atoms with Crippen LogP contribution in [0.2, 0.25) is 0 Å². The molecule has 0 fully saturated rings. The number of anilines is 1. The molecule has 6 rings (SSSR count). The fourth-order valence-electron chi connectivity index (χ4n) is 4.25. The van der Waals surface area contributed by atoms with Crippen molar-refractivity contribution >= 4 is 28.8 Å². The maximum atomic E-state index is 6.20. The minimum Gasteiger partial charge on any atom is -0.492 e. The third-order valence-electron chi connectivity index (χ3n) is 5.52. The molecular formula is C21H17NO3S2. The fourth-order valence-corrected chi connectivity index (χ4v) is 6.46. The fraction of sp³-hybridized carbons (Fsp3) is 0.238. The Morgan fingerprint density at radius 2 is 1.89 bits per heavy atom. The molecule has 3 aliphatic heterocycles. The van der Waals surface area contributed by atoms with E-state index in [1.807, 2.05) is 17.8 Å². The summed E-state index contributed by atoms with van der Waals surface area (Å²) in [5.74, 6) is 3.46. The highest BCUT2D eigenvalue weighted by Crippen LogP contribution is 2.57. The predicted molar refractivity (Wildman–Crippen MR) is 108 cm³/mol. The Bertz CT molecular complexity index is 1020. The van der Waals surface area contributed by atoms with Gasteiger partial charge >= 0.3 is 0 Å². The molecule has 1 N–H and O–H groups in total. The Labute approximate surface area is 165 Å². The van der Waals surface area contributed by atoms with E-state index in [4.69, 9.17) is 14.2 Å². The third-order valence-corrected chi connectivity index (χ3v) is 7.92. The van der Waals surface area contributed by atoms with E-state index in [1.165, 1.54) is 21.7 Å². The molecule has 0 bridgehead atoms. The molecule has 0 saturated carbocycles. The van der Waals surface area contributed by atoms with Crippen LogP contribution in [0.4, 0.5) is 5.69 Å². The van der Waals surface area contributed by atoms with Gasteiger partial charge in [-0.2, -0.15) is 0 Å². The first kappa shape index (κ1) is 15.7. The Morgan fingerprint density at radius 1 is 1.00 bits per heavy atom. The van der Waals surface area contributed by atoms with Gasteiger partial charge in [0.2, 0.25) is 6.79 Å². The molecule has 4 nitrogen and oxygen atoms in total. The van der Waals surface area contributed by atoms with Crippen molar-refractivity contribution in [3.63, 3.8) is 0 Å². The molecule has 2 aromatic carbocycles. The number of fused-ring (bicyclic) bond motifs is 5. The van der Waals surface area contributed by atoms with Crippen molar-refractivity contribution in [2.24, 2.45) is 0 Å². The molecule has 1 aromatic heterocycles. The van der Waals surface area contributed by atoms with Gasteiger partial charge in [-0.15, -0.1) is 23.1 Å². The van der Waals surface area contributed by atoms with E-state index in [0.29, 0.717) is 6.61 Å². The highest BCUT2D eigenvalue weighted by molar-refractivity contribution is 7.99. The molecular weight excluding hydrogens is 378 g/mol. The van der Waals surface area contributed by atoms with Crippen LogP contribution in [0.25, 0.3) is 0 Å². The van der Waals surface area contributed by atoms with Gasteiger partial charge in [0, 0.05) is 27.9 Å². The number of hydrogen-bond donors (Lipinski definition) is 1. The summed E-state index contributed by atoms with van der Waals surface area (Å²) in [5, 5.41) is 6.08. The Morgan fingerprint density at radius 3 is 2.78 bits per heavy atom. The zero-order chi connectivity index (χ0) is 17.8. The maximum Gasteiger partial charge on any atom is 0.231 e. The SMILES string of the molecule is c1csc(CSC2Nc3ccccc3C23COc2cc4c(cc23)OCO4)c1. The van der Waals surface area contributed by atoms with Crippen LogP contribution >= 0.6 is 23.1 Å². The van der Waals surface area contributed by atoms with Crippen LogP contribution in [-0.2, 0) is 11.2 Å². The van der Waals surface area contributed by atoms with E-state index in [9.17, 15) is 0 Å². The van der Waals surface area contributed by atoms with Crippen molar-refractivity contribution in [1.82, 2.24) is 0 Å². The Hall–Kier alpha value is -2.31. The zero-order valence-electron chi connectivity index (χ0n) is 14.4. The van der Waals surface area contributed by atoms with Crippen LogP contribution in [0.3, 0.4) is 0 Å². The molecule has 0 aliphatic carbocycles. The van der Waals surface area contributed by atoms with Crippen molar-refractivity contribution in [3.8, 4) is 17.2 Å². The van der Waals surface area contributed by atoms with Gasteiger partial charge < -0.3 is 19.5 Å². The zero-order valence-corrected chi connectivity index (χ0v) is 16.1. The minimum atomic E-state index is -0.227. The smallest absolute Gasteiger partial charge is 0.231 e. The van der Waals surface area contributed by atoms with Gasteiger partial charge in [-0.1, -0.05) is 24.3 Å². The lowest BCUT2D eigenvalue weighted by atomic mass is 9.77. The van der Waals surface area contributed by atoms with Crippen LogP contribution in [0.5, 0.6) is 17.2 Å². The monoisotopic (exact) mass is 395 g/mol. The molecule has 6 heteroatoms. The molecule has 1 spiro atoms. The van der Waals surface area contributed by atoms with Gasteiger partial charge in [-0.25, -0.2) is 0 Å². The van der Waals surface area contributed by atoms with Gasteiger partial charge in [-0.05, 0) is 29.1 Å². The molecule has 2 unspecified atom stereocenters. The summed E-state index contributed by atoms with van der Waals surface area (Å²) in [5.41, 5.74) is 3.45. The molecule has 4 heterocycles. The number of hydrogen-bond acceptors (Lipinski definition) is 6. The van der Waals surface area contributed by atoms with E-state index in [-0.39, 0.29) is 17.6 Å². The molecule has 0 radical (unpaired) electrons. The average molecular weight is 396 g/mol. The summed E-state index contributed by atoms with van der Waals surface area (Å²) < 4.78 is 17.4. The molecule has 0 saturated heterocycles. The van der Waals surface area contributed by atoms with E-state index >= 15 is 0 Å². The summed E-state index contributed by atoms with van der Waals surface area (Å²) in [7, 11) is 0. The van der Waals surface area contributed by atoms with Gasteiger partial charge in [0.15, 0.2) is 11.5 Å². The van der Waals surface area contributed by atoms with E-state index in [0.717, 1.165) is 23.0 Å². The first-order valence-electron chi connectivity index (χ1n) is 8.91. The quantitative estimate of drug-likeness (QED) is 0.687. The molecule has 3 aromatic rings.